The van der Waals surface area contributed by atoms with Crippen molar-refractivity contribution in [2.75, 3.05) is 5.32 Å². The molecule has 2 atom stereocenters. The van der Waals surface area contributed by atoms with Crippen LogP contribution in [0.2, 0.25) is 0 Å². The average Bonchev–Trinajstić information content (AvgIpc) is 3.11. The number of anilines is 1. The van der Waals surface area contributed by atoms with Crippen LogP contribution in [0.5, 0.6) is 0 Å². The zero-order valence-electron chi connectivity index (χ0n) is 19.9. The van der Waals surface area contributed by atoms with E-state index in [1.807, 2.05) is 33.9 Å². The highest BCUT2D eigenvalue weighted by Crippen LogP contribution is 2.34. The molecule has 1 aliphatic rings. The molecule has 180 valence electrons. The summed E-state index contributed by atoms with van der Waals surface area (Å²) < 4.78 is 16.7. The summed E-state index contributed by atoms with van der Waals surface area (Å²) in [5.41, 5.74) is 3.63. The number of hydrogen-bond acceptors (Lipinski definition) is 4. The molecule has 1 unspecified atom stereocenters. The van der Waals surface area contributed by atoms with E-state index in [2.05, 4.69) is 20.7 Å². The monoisotopic (exact) mass is 467 g/mol. The highest BCUT2D eigenvalue weighted by Gasteiger charge is 2.28. The Labute approximate surface area is 197 Å². The van der Waals surface area contributed by atoms with Gasteiger partial charge in [-0.25, -0.2) is 14.2 Å². The smallest absolute Gasteiger partial charge is 0.404 e. The van der Waals surface area contributed by atoms with E-state index < -0.39 is 11.9 Å². The first-order valence-corrected chi connectivity index (χ1v) is 11.6. The lowest BCUT2D eigenvalue weighted by Gasteiger charge is -2.28. The predicted octanol–water partition coefficient (Wildman–Crippen LogP) is 4.97. The molecule has 0 aliphatic heterocycles. The molecule has 1 fully saturated rings. The molecule has 0 radical (unpaired) electrons. The summed E-state index contributed by atoms with van der Waals surface area (Å²) in [7, 11) is 1.82. The maximum atomic E-state index is 15.0. The van der Waals surface area contributed by atoms with Crippen LogP contribution in [0.3, 0.4) is 0 Å². The van der Waals surface area contributed by atoms with Crippen molar-refractivity contribution in [2.24, 2.45) is 13.0 Å². The number of hydrogen-bond donors (Lipinski definition) is 3. The fourth-order valence-electron chi connectivity index (χ4n) is 4.98. The zero-order chi connectivity index (χ0) is 24.6. The molecule has 2 aromatic heterocycles. The molecule has 2 heterocycles. The second kappa shape index (κ2) is 9.40. The van der Waals surface area contributed by atoms with Gasteiger partial charge in [-0.05, 0) is 67.0 Å². The number of pyridine rings is 1. The summed E-state index contributed by atoms with van der Waals surface area (Å²) in [6.45, 7) is 5.99. The van der Waals surface area contributed by atoms with E-state index in [4.69, 9.17) is 5.11 Å². The van der Waals surface area contributed by atoms with Gasteiger partial charge in [0, 0.05) is 36.3 Å². The zero-order valence-corrected chi connectivity index (χ0v) is 19.9. The number of rotatable bonds is 5. The van der Waals surface area contributed by atoms with Gasteiger partial charge in [0.15, 0.2) is 5.82 Å². The van der Waals surface area contributed by atoms with Gasteiger partial charge < -0.3 is 15.7 Å². The lowest BCUT2D eigenvalue weighted by atomic mass is 9.85. The number of benzene rings is 1. The van der Waals surface area contributed by atoms with Crippen LogP contribution in [0, 0.1) is 18.7 Å². The number of carbonyl (C=O) groups excluding carboxylic acids is 1. The molecule has 3 aromatic rings. The van der Waals surface area contributed by atoms with Crippen molar-refractivity contribution in [1.29, 1.82) is 0 Å². The number of nitrogens with one attached hydrogen (secondary N) is 2. The maximum Gasteiger partial charge on any atom is 0.404 e. The van der Waals surface area contributed by atoms with Gasteiger partial charge in [-0.1, -0.05) is 20.3 Å². The van der Waals surface area contributed by atoms with Crippen LogP contribution >= 0.6 is 0 Å². The number of fused-ring (bicyclic) bond motifs is 1. The van der Waals surface area contributed by atoms with Gasteiger partial charge in [0.1, 0.15) is 11.3 Å². The largest absolute Gasteiger partial charge is 0.465 e. The van der Waals surface area contributed by atoms with Gasteiger partial charge in [0.25, 0.3) is 0 Å². The molecule has 2 amide bonds. The van der Waals surface area contributed by atoms with Gasteiger partial charge in [0.05, 0.1) is 0 Å². The number of aromatic nitrogens is 3. The minimum Gasteiger partial charge on any atom is -0.465 e. The first-order valence-electron chi connectivity index (χ1n) is 11.6. The average molecular weight is 468 g/mol. The third-order valence-electron chi connectivity index (χ3n) is 6.52. The summed E-state index contributed by atoms with van der Waals surface area (Å²) >= 11 is 0. The number of aryl methyl sites for hydroxylation is 2. The summed E-state index contributed by atoms with van der Waals surface area (Å²) in [5, 5.41) is 19.5. The van der Waals surface area contributed by atoms with Gasteiger partial charge >= 0.3 is 6.09 Å². The Bertz CT molecular complexity index is 1250. The maximum absolute atomic E-state index is 15.0. The van der Waals surface area contributed by atoms with E-state index >= 15 is 0 Å². The molecular formula is C25H30FN5O3. The molecule has 4 rings (SSSR count). The van der Waals surface area contributed by atoms with Crippen molar-refractivity contribution in [3.8, 4) is 11.1 Å². The quantitative estimate of drug-likeness (QED) is 0.491. The molecule has 34 heavy (non-hydrogen) atoms. The van der Waals surface area contributed by atoms with Crippen LogP contribution in [0.1, 0.15) is 56.7 Å². The fraction of sp³-hybridized carbons (Fsp3) is 0.440. The molecule has 0 bridgehead atoms. The number of halogens is 1. The molecule has 1 saturated carbocycles. The molecule has 8 nitrogen and oxygen atoms in total. The Morgan fingerprint density at radius 1 is 1.24 bits per heavy atom. The second-order valence-corrected chi connectivity index (χ2v) is 9.40. The number of carboxylic acid groups (broad SMARTS) is 1. The van der Waals surface area contributed by atoms with Crippen molar-refractivity contribution < 1.29 is 19.1 Å². The summed E-state index contributed by atoms with van der Waals surface area (Å²) in [6.07, 6.45) is 3.24. The van der Waals surface area contributed by atoms with Crippen molar-refractivity contribution in [2.45, 2.75) is 58.4 Å². The lowest BCUT2D eigenvalue weighted by molar-refractivity contribution is -0.121. The molecule has 9 heteroatoms. The molecule has 1 aromatic carbocycles. The second-order valence-electron chi connectivity index (χ2n) is 9.40. The first kappa shape index (κ1) is 23.7. The third-order valence-corrected chi connectivity index (χ3v) is 6.52. The predicted molar refractivity (Wildman–Crippen MR) is 128 cm³/mol. The Hall–Kier alpha value is -3.49. The third kappa shape index (κ3) is 4.73. The standard InChI is InChI=1S/C25H30FN5O3/c1-13(2)23-19-9-16(10-20(26)22(19)30-31(23)4)18-11-21(27-12-14(18)3)29-24(32)15-6-5-7-17(8-15)28-25(33)34/h9-13,15,17,28H,5-8H2,1-4H3,(H,33,34)(H,27,29,32)/t15-,17?/m0/s1. The normalized spacial score (nSPS) is 18.3. The van der Waals surface area contributed by atoms with E-state index in [-0.39, 0.29) is 23.8 Å². The summed E-state index contributed by atoms with van der Waals surface area (Å²) in [6, 6.07) is 4.94. The van der Waals surface area contributed by atoms with Crippen molar-refractivity contribution in [3.63, 3.8) is 0 Å². The van der Waals surface area contributed by atoms with E-state index in [1.165, 1.54) is 6.07 Å². The number of nitrogens with zero attached hydrogens (tertiary/aromatic N) is 3. The van der Waals surface area contributed by atoms with Gasteiger partial charge in [-0.15, -0.1) is 0 Å². The van der Waals surface area contributed by atoms with E-state index in [1.54, 1.807) is 16.9 Å². The lowest BCUT2D eigenvalue weighted by Crippen LogP contribution is -2.40. The van der Waals surface area contributed by atoms with Crippen LogP contribution in [-0.4, -0.2) is 37.9 Å². The first-order chi connectivity index (χ1) is 16.1. The fourth-order valence-corrected chi connectivity index (χ4v) is 4.98. The topological polar surface area (TPSA) is 109 Å². The van der Waals surface area contributed by atoms with Crippen LogP contribution in [0.15, 0.2) is 24.4 Å². The van der Waals surface area contributed by atoms with Gasteiger partial charge in [-0.2, -0.15) is 5.10 Å². The molecule has 1 aliphatic carbocycles. The molecular weight excluding hydrogens is 437 g/mol. The van der Waals surface area contributed by atoms with Crippen LogP contribution in [0.25, 0.3) is 22.0 Å². The SMILES string of the molecule is Cc1cnc(NC(=O)[C@H]2CCCC(NC(=O)O)C2)cc1-c1cc(F)c2nn(C)c(C(C)C)c2c1. The Kier molecular flexibility index (Phi) is 6.54. The molecule has 3 N–H and O–H groups in total. The number of amides is 2. The molecule has 0 saturated heterocycles. The minimum atomic E-state index is -1.07. The summed E-state index contributed by atoms with van der Waals surface area (Å²) in [5.74, 6) is -0.316. The van der Waals surface area contributed by atoms with E-state index in [9.17, 15) is 14.0 Å². The van der Waals surface area contributed by atoms with E-state index in [0.29, 0.717) is 29.7 Å². The van der Waals surface area contributed by atoms with Crippen LogP contribution in [-0.2, 0) is 11.8 Å². The van der Waals surface area contributed by atoms with E-state index in [0.717, 1.165) is 35.0 Å². The van der Waals surface area contributed by atoms with Crippen LogP contribution < -0.4 is 10.6 Å². The highest BCUT2D eigenvalue weighted by molar-refractivity contribution is 5.93. The molecule has 0 spiro atoms. The van der Waals surface area contributed by atoms with Gasteiger partial charge in [0.2, 0.25) is 5.91 Å². The highest BCUT2D eigenvalue weighted by atomic mass is 19.1. The Morgan fingerprint density at radius 2 is 2.00 bits per heavy atom. The van der Waals surface area contributed by atoms with Crippen LogP contribution in [0.4, 0.5) is 15.0 Å². The van der Waals surface area contributed by atoms with Crippen molar-refractivity contribution in [3.05, 3.63) is 41.5 Å². The Balaban J connectivity index is 1.61. The van der Waals surface area contributed by atoms with Crippen molar-refractivity contribution in [1.82, 2.24) is 20.1 Å². The summed E-state index contributed by atoms with van der Waals surface area (Å²) in [4.78, 5) is 28.2. The van der Waals surface area contributed by atoms with Crippen molar-refractivity contribution >= 4 is 28.7 Å². The Morgan fingerprint density at radius 3 is 2.71 bits per heavy atom. The minimum absolute atomic E-state index is 0.174. The van der Waals surface area contributed by atoms with Gasteiger partial charge in [-0.3, -0.25) is 9.48 Å². The number of carbonyl (C=O) groups is 2.